The summed E-state index contributed by atoms with van der Waals surface area (Å²) in [5.74, 6) is 0.212. The summed E-state index contributed by atoms with van der Waals surface area (Å²) in [7, 11) is 0.789. The van der Waals surface area contributed by atoms with Crippen LogP contribution >= 0.6 is 11.6 Å². The highest BCUT2D eigenvalue weighted by Gasteiger charge is 2.24. The molecule has 0 N–H and O–H groups in total. The fraction of sp³-hybridized carbons (Fsp3) is 0.174. The summed E-state index contributed by atoms with van der Waals surface area (Å²) in [5, 5.41) is 0.586. The predicted molar refractivity (Wildman–Crippen MR) is 122 cm³/mol. The molecule has 0 saturated heterocycles. The summed E-state index contributed by atoms with van der Waals surface area (Å²) in [6.45, 7) is 0.342. The Kier molecular flexibility index (Phi) is 6.87. The second-order valence-corrected chi connectivity index (χ2v) is 9.30. The normalized spacial score (nSPS) is 11.1. The van der Waals surface area contributed by atoms with E-state index in [2.05, 4.69) is 0 Å². The molecule has 6 nitrogen and oxygen atoms in total. The summed E-state index contributed by atoms with van der Waals surface area (Å²) >= 11 is 6.17. The Morgan fingerprint density at radius 1 is 0.935 bits per heavy atom. The number of benzene rings is 3. The third-order valence-corrected chi connectivity index (χ3v) is 7.05. The molecule has 0 spiro atoms. The van der Waals surface area contributed by atoms with Gasteiger partial charge >= 0.3 is 0 Å². The molecule has 0 heterocycles. The second kappa shape index (κ2) is 9.41. The van der Waals surface area contributed by atoms with E-state index in [0.717, 1.165) is 9.87 Å². The smallest absolute Gasteiger partial charge is 0.264 e. The van der Waals surface area contributed by atoms with E-state index >= 15 is 0 Å². The van der Waals surface area contributed by atoms with Crippen molar-refractivity contribution < 1.29 is 17.9 Å². The number of amides is 1. The van der Waals surface area contributed by atoms with Gasteiger partial charge in [0.15, 0.2) is 0 Å². The van der Waals surface area contributed by atoms with Crippen molar-refractivity contribution in [2.45, 2.75) is 11.4 Å². The van der Waals surface area contributed by atoms with E-state index in [1.807, 2.05) is 18.2 Å². The van der Waals surface area contributed by atoms with Crippen molar-refractivity contribution in [2.75, 3.05) is 25.5 Å². The average Bonchev–Trinajstić information content (AvgIpc) is 2.79. The molecule has 0 aliphatic carbocycles. The van der Waals surface area contributed by atoms with Crippen LogP contribution in [0.3, 0.4) is 0 Å². The van der Waals surface area contributed by atoms with Crippen LogP contribution in [0.25, 0.3) is 0 Å². The van der Waals surface area contributed by atoms with Gasteiger partial charge in [-0.1, -0.05) is 41.9 Å². The number of carbonyl (C=O) groups excluding carboxylic acids is 1. The Bertz CT molecular complexity index is 1180. The van der Waals surface area contributed by atoms with Crippen LogP contribution < -0.4 is 9.04 Å². The fourth-order valence-corrected chi connectivity index (χ4v) is 4.52. The maximum absolute atomic E-state index is 13.1. The molecule has 0 aromatic heterocycles. The second-order valence-electron chi connectivity index (χ2n) is 6.92. The van der Waals surface area contributed by atoms with Crippen molar-refractivity contribution >= 4 is 33.2 Å². The first-order chi connectivity index (χ1) is 14.8. The van der Waals surface area contributed by atoms with Crippen LogP contribution in [0.5, 0.6) is 5.75 Å². The van der Waals surface area contributed by atoms with E-state index in [1.54, 1.807) is 37.4 Å². The van der Waals surface area contributed by atoms with Crippen LogP contribution in [0.4, 0.5) is 5.69 Å². The number of methoxy groups -OCH3 is 1. The zero-order chi connectivity index (χ0) is 22.6. The Labute approximate surface area is 187 Å². The number of hydrogen-bond acceptors (Lipinski definition) is 4. The molecule has 0 aliphatic heterocycles. The molecular formula is C23H23ClN2O4S. The van der Waals surface area contributed by atoms with E-state index in [9.17, 15) is 13.2 Å². The number of hydrogen-bond donors (Lipinski definition) is 0. The van der Waals surface area contributed by atoms with Gasteiger partial charge in [0.2, 0.25) is 0 Å². The molecule has 3 aromatic rings. The number of nitrogens with zero attached hydrogens (tertiary/aromatic N) is 2. The van der Waals surface area contributed by atoms with E-state index in [-0.39, 0.29) is 10.8 Å². The van der Waals surface area contributed by atoms with Crippen molar-refractivity contribution in [3.05, 3.63) is 88.9 Å². The van der Waals surface area contributed by atoms with Crippen LogP contribution in [0.2, 0.25) is 5.02 Å². The molecule has 3 rings (SSSR count). The SMILES string of the molecule is COc1ccccc1N(C)S(=O)(=O)c1ccc(C(=O)N(C)Cc2ccccc2Cl)cc1. The first kappa shape index (κ1) is 22.7. The standard InChI is InChI=1S/C23H23ClN2O4S/c1-25(16-18-8-4-5-9-20(18)24)23(27)17-12-14-19(15-13-17)31(28,29)26(2)21-10-6-7-11-22(21)30-3/h4-15H,16H2,1-3H3. The monoisotopic (exact) mass is 458 g/mol. The number of sulfonamides is 1. The molecule has 162 valence electrons. The van der Waals surface area contributed by atoms with Gasteiger partial charge in [0.1, 0.15) is 5.75 Å². The first-order valence-electron chi connectivity index (χ1n) is 9.46. The average molecular weight is 459 g/mol. The molecule has 0 fully saturated rings. The summed E-state index contributed by atoms with van der Waals surface area (Å²) in [6.07, 6.45) is 0. The number of ether oxygens (including phenoxy) is 1. The van der Waals surface area contributed by atoms with Crippen LogP contribution in [-0.4, -0.2) is 40.4 Å². The third kappa shape index (κ3) is 4.84. The Morgan fingerprint density at radius 3 is 2.19 bits per heavy atom. The fourth-order valence-electron chi connectivity index (χ4n) is 3.12. The molecule has 0 aliphatic rings. The lowest BCUT2D eigenvalue weighted by Crippen LogP contribution is -2.28. The molecule has 31 heavy (non-hydrogen) atoms. The number of halogens is 1. The highest BCUT2D eigenvalue weighted by molar-refractivity contribution is 7.92. The van der Waals surface area contributed by atoms with Gasteiger partial charge in [0.25, 0.3) is 15.9 Å². The van der Waals surface area contributed by atoms with Gasteiger partial charge in [-0.05, 0) is 48.0 Å². The lowest BCUT2D eigenvalue weighted by Gasteiger charge is -2.22. The molecule has 0 atom stereocenters. The zero-order valence-corrected chi connectivity index (χ0v) is 19.0. The summed E-state index contributed by atoms with van der Waals surface area (Å²) in [6, 6.07) is 20.0. The maximum Gasteiger partial charge on any atom is 0.264 e. The summed E-state index contributed by atoms with van der Waals surface area (Å²) in [5.41, 5.74) is 1.63. The molecule has 1 amide bonds. The van der Waals surface area contributed by atoms with Crippen molar-refractivity contribution in [2.24, 2.45) is 0 Å². The minimum absolute atomic E-state index is 0.0752. The van der Waals surface area contributed by atoms with Crippen LogP contribution in [0, 0.1) is 0 Å². The van der Waals surface area contributed by atoms with E-state index < -0.39 is 10.0 Å². The number of rotatable bonds is 7. The highest BCUT2D eigenvalue weighted by Crippen LogP contribution is 2.31. The maximum atomic E-state index is 13.1. The molecule has 0 unspecified atom stereocenters. The third-order valence-electron chi connectivity index (χ3n) is 4.90. The molecule has 0 bridgehead atoms. The number of anilines is 1. The highest BCUT2D eigenvalue weighted by atomic mass is 35.5. The van der Waals surface area contributed by atoms with Gasteiger partial charge < -0.3 is 9.64 Å². The van der Waals surface area contributed by atoms with Crippen LogP contribution in [0.1, 0.15) is 15.9 Å². The number of para-hydroxylation sites is 2. The Morgan fingerprint density at radius 2 is 1.55 bits per heavy atom. The van der Waals surface area contributed by atoms with Gasteiger partial charge in [-0.25, -0.2) is 8.42 Å². The van der Waals surface area contributed by atoms with Crippen molar-refractivity contribution in [1.82, 2.24) is 4.90 Å². The van der Waals surface area contributed by atoms with E-state index in [4.69, 9.17) is 16.3 Å². The van der Waals surface area contributed by atoms with E-state index in [1.165, 1.54) is 43.3 Å². The van der Waals surface area contributed by atoms with Crippen molar-refractivity contribution in [1.29, 1.82) is 0 Å². The number of carbonyl (C=O) groups is 1. The Balaban J connectivity index is 1.80. The van der Waals surface area contributed by atoms with Crippen LogP contribution in [-0.2, 0) is 16.6 Å². The molecular weight excluding hydrogens is 436 g/mol. The minimum atomic E-state index is -3.83. The quantitative estimate of drug-likeness (QED) is 0.524. The van der Waals surface area contributed by atoms with Gasteiger partial charge in [-0.2, -0.15) is 0 Å². The van der Waals surface area contributed by atoms with Gasteiger partial charge in [-0.15, -0.1) is 0 Å². The van der Waals surface area contributed by atoms with Crippen LogP contribution in [0.15, 0.2) is 77.7 Å². The Hall–Kier alpha value is -3.03. The van der Waals surface area contributed by atoms with Crippen molar-refractivity contribution in [3.63, 3.8) is 0 Å². The summed E-state index contributed by atoms with van der Waals surface area (Å²) in [4.78, 5) is 14.4. The minimum Gasteiger partial charge on any atom is -0.495 e. The molecule has 3 aromatic carbocycles. The zero-order valence-electron chi connectivity index (χ0n) is 17.4. The van der Waals surface area contributed by atoms with E-state index in [0.29, 0.717) is 28.6 Å². The lowest BCUT2D eigenvalue weighted by atomic mass is 10.1. The first-order valence-corrected chi connectivity index (χ1v) is 11.3. The van der Waals surface area contributed by atoms with Gasteiger partial charge in [0, 0.05) is 31.2 Å². The predicted octanol–water partition coefficient (Wildman–Crippen LogP) is 4.45. The van der Waals surface area contributed by atoms with Gasteiger partial charge in [-0.3, -0.25) is 9.10 Å². The lowest BCUT2D eigenvalue weighted by molar-refractivity contribution is 0.0785. The topological polar surface area (TPSA) is 66.9 Å². The molecule has 0 saturated carbocycles. The largest absolute Gasteiger partial charge is 0.495 e. The van der Waals surface area contributed by atoms with Gasteiger partial charge in [0.05, 0.1) is 17.7 Å². The molecule has 8 heteroatoms. The van der Waals surface area contributed by atoms with Crippen molar-refractivity contribution in [3.8, 4) is 5.75 Å². The molecule has 0 radical (unpaired) electrons. The summed E-state index contributed by atoms with van der Waals surface area (Å²) < 4.78 is 32.5.